The van der Waals surface area contributed by atoms with E-state index in [0.717, 1.165) is 12.1 Å². The highest BCUT2D eigenvalue weighted by Gasteiger charge is 2.15. The molecule has 0 radical (unpaired) electrons. The smallest absolute Gasteiger partial charge is 0.260 e. The van der Waals surface area contributed by atoms with Crippen LogP contribution in [0.2, 0.25) is 5.02 Å². The maximum Gasteiger partial charge on any atom is 0.260 e. The van der Waals surface area contributed by atoms with Crippen LogP contribution in [0, 0.1) is 0 Å². The molecule has 0 saturated carbocycles. The molecule has 2 N–H and O–H groups in total. The van der Waals surface area contributed by atoms with Gasteiger partial charge in [-0.25, -0.2) is 0 Å². The van der Waals surface area contributed by atoms with Crippen LogP contribution in [0.5, 0.6) is 5.75 Å². The van der Waals surface area contributed by atoms with E-state index in [0.29, 0.717) is 10.8 Å². The zero-order valence-corrected chi connectivity index (χ0v) is 13.5. The molecule has 0 spiro atoms. The molecule has 4 nitrogen and oxygen atoms in total. The Bertz CT molecular complexity index is 469. The van der Waals surface area contributed by atoms with E-state index in [1.165, 1.54) is 0 Å². The van der Waals surface area contributed by atoms with Gasteiger partial charge in [-0.05, 0) is 45.4 Å². The fourth-order valence-corrected chi connectivity index (χ4v) is 1.81. The average Bonchev–Trinajstić information content (AvgIpc) is 2.37. The van der Waals surface area contributed by atoms with E-state index in [2.05, 4.69) is 31.4 Å². The third-order valence-corrected chi connectivity index (χ3v) is 3.03. The van der Waals surface area contributed by atoms with E-state index in [1.54, 1.807) is 20.0 Å². The molecule has 0 fully saturated rings. The van der Waals surface area contributed by atoms with Crippen LogP contribution >= 0.6 is 11.6 Å². The number of nitrogens with one attached hydrogen (secondary N) is 2. The Morgan fingerprint density at radius 2 is 2.05 bits per heavy atom. The van der Waals surface area contributed by atoms with Gasteiger partial charge in [-0.1, -0.05) is 17.7 Å². The number of carbonyl (C=O) groups is 1. The second-order valence-corrected chi connectivity index (χ2v) is 6.15. The van der Waals surface area contributed by atoms with Gasteiger partial charge < -0.3 is 15.4 Å². The number of halogens is 1. The number of rotatable bonds is 5. The molecule has 1 unspecified atom stereocenters. The highest BCUT2D eigenvalue weighted by Crippen LogP contribution is 2.26. The molecule has 1 amide bonds. The maximum absolute atomic E-state index is 11.4. The first-order valence-corrected chi connectivity index (χ1v) is 7.02. The van der Waals surface area contributed by atoms with Crippen LogP contribution in [0.15, 0.2) is 18.2 Å². The molecule has 0 aliphatic carbocycles. The van der Waals surface area contributed by atoms with Crippen molar-refractivity contribution in [1.29, 1.82) is 0 Å². The molecule has 0 aliphatic heterocycles. The van der Waals surface area contributed by atoms with Gasteiger partial charge in [0.05, 0.1) is 5.02 Å². The summed E-state index contributed by atoms with van der Waals surface area (Å²) >= 11 is 6.19. The standard InChI is InChI=1S/C15H23ClN2O2/c1-10(14(19)17-5)20-13-7-6-11(8-12(13)16)9-18-15(2,3)4/h6-8,10,18H,9H2,1-5H3,(H,17,19). The quantitative estimate of drug-likeness (QED) is 0.879. The molecule has 112 valence electrons. The molecule has 0 aromatic heterocycles. The van der Waals surface area contributed by atoms with Gasteiger partial charge in [0.2, 0.25) is 0 Å². The number of carbonyl (C=O) groups excluding carboxylic acids is 1. The van der Waals surface area contributed by atoms with Gasteiger partial charge in [0.1, 0.15) is 5.75 Å². The van der Waals surface area contributed by atoms with E-state index in [-0.39, 0.29) is 11.4 Å². The topological polar surface area (TPSA) is 50.4 Å². The molecule has 1 atom stereocenters. The number of hydrogen-bond acceptors (Lipinski definition) is 3. The Morgan fingerprint density at radius 1 is 1.40 bits per heavy atom. The molecular formula is C15H23ClN2O2. The lowest BCUT2D eigenvalue weighted by Gasteiger charge is -2.21. The predicted octanol–water partition coefficient (Wildman–Crippen LogP) is 2.74. The normalized spacial score (nSPS) is 12.9. The van der Waals surface area contributed by atoms with E-state index in [1.807, 2.05) is 12.1 Å². The van der Waals surface area contributed by atoms with Crippen LogP contribution in [-0.4, -0.2) is 24.6 Å². The van der Waals surface area contributed by atoms with Gasteiger partial charge in [-0.15, -0.1) is 0 Å². The highest BCUT2D eigenvalue weighted by molar-refractivity contribution is 6.32. The monoisotopic (exact) mass is 298 g/mol. The van der Waals surface area contributed by atoms with Crippen molar-refractivity contribution in [1.82, 2.24) is 10.6 Å². The molecule has 1 aromatic rings. The van der Waals surface area contributed by atoms with E-state index in [9.17, 15) is 4.79 Å². The number of hydrogen-bond donors (Lipinski definition) is 2. The minimum Gasteiger partial charge on any atom is -0.479 e. The number of likely N-dealkylation sites (N-methyl/N-ethyl adjacent to an activating group) is 1. The Kier molecular flexibility index (Phi) is 5.84. The van der Waals surface area contributed by atoms with Crippen molar-refractivity contribution in [2.45, 2.75) is 45.9 Å². The van der Waals surface area contributed by atoms with E-state index in [4.69, 9.17) is 16.3 Å². The number of benzene rings is 1. The Morgan fingerprint density at radius 3 is 2.55 bits per heavy atom. The van der Waals surface area contributed by atoms with Gasteiger partial charge in [0.15, 0.2) is 6.10 Å². The van der Waals surface area contributed by atoms with Gasteiger partial charge >= 0.3 is 0 Å². The highest BCUT2D eigenvalue weighted by atomic mass is 35.5. The van der Waals surface area contributed by atoms with Crippen LogP contribution in [0.3, 0.4) is 0 Å². The lowest BCUT2D eigenvalue weighted by atomic mass is 10.1. The summed E-state index contributed by atoms with van der Waals surface area (Å²) in [4.78, 5) is 11.4. The second-order valence-electron chi connectivity index (χ2n) is 5.74. The maximum atomic E-state index is 11.4. The third-order valence-electron chi connectivity index (χ3n) is 2.74. The Labute approximate surface area is 125 Å². The zero-order chi connectivity index (χ0) is 15.3. The second kappa shape index (κ2) is 6.95. The van der Waals surface area contributed by atoms with Crippen LogP contribution in [0.1, 0.15) is 33.3 Å². The summed E-state index contributed by atoms with van der Waals surface area (Å²) in [5.74, 6) is 0.335. The lowest BCUT2D eigenvalue weighted by molar-refractivity contribution is -0.126. The summed E-state index contributed by atoms with van der Waals surface area (Å²) in [7, 11) is 1.57. The van der Waals surface area contributed by atoms with Crippen molar-refractivity contribution in [3.63, 3.8) is 0 Å². The molecule has 20 heavy (non-hydrogen) atoms. The van der Waals surface area contributed by atoms with Crippen molar-refractivity contribution < 1.29 is 9.53 Å². The Hall–Kier alpha value is -1.26. The SMILES string of the molecule is CNC(=O)C(C)Oc1ccc(CNC(C)(C)C)cc1Cl. The third kappa shape index (κ3) is 5.39. The zero-order valence-electron chi connectivity index (χ0n) is 12.7. The molecule has 0 bridgehead atoms. The van der Waals surface area contributed by atoms with Crippen molar-refractivity contribution >= 4 is 17.5 Å². The predicted molar refractivity (Wildman–Crippen MR) is 82.2 cm³/mol. The first kappa shape index (κ1) is 16.8. The van der Waals surface area contributed by atoms with Gasteiger partial charge in [-0.2, -0.15) is 0 Å². The average molecular weight is 299 g/mol. The van der Waals surface area contributed by atoms with Gasteiger partial charge in [0.25, 0.3) is 5.91 Å². The molecule has 1 aromatic carbocycles. The largest absolute Gasteiger partial charge is 0.479 e. The lowest BCUT2D eigenvalue weighted by Crippen LogP contribution is -2.35. The van der Waals surface area contributed by atoms with Crippen LogP contribution in [0.4, 0.5) is 0 Å². The molecule has 0 saturated heterocycles. The summed E-state index contributed by atoms with van der Waals surface area (Å²) in [6, 6.07) is 5.59. The first-order valence-electron chi connectivity index (χ1n) is 6.64. The van der Waals surface area contributed by atoms with Crippen molar-refractivity contribution in [3.8, 4) is 5.75 Å². The number of ether oxygens (including phenoxy) is 1. The fourth-order valence-electron chi connectivity index (χ4n) is 1.56. The summed E-state index contributed by atoms with van der Waals surface area (Å²) in [5, 5.41) is 6.43. The molecule has 5 heteroatoms. The minimum absolute atomic E-state index is 0.0510. The first-order chi connectivity index (χ1) is 9.23. The van der Waals surface area contributed by atoms with Crippen LogP contribution < -0.4 is 15.4 Å². The van der Waals surface area contributed by atoms with E-state index >= 15 is 0 Å². The van der Waals surface area contributed by atoms with E-state index < -0.39 is 6.10 Å². The van der Waals surface area contributed by atoms with Crippen LogP contribution in [0.25, 0.3) is 0 Å². The van der Waals surface area contributed by atoms with Gasteiger partial charge in [-0.3, -0.25) is 4.79 Å². The minimum atomic E-state index is -0.573. The van der Waals surface area contributed by atoms with Crippen LogP contribution in [-0.2, 0) is 11.3 Å². The van der Waals surface area contributed by atoms with Crippen molar-refractivity contribution in [2.75, 3.05) is 7.05 Å². The molecule has 0 aliphatic rings. The molecule has 0 heterocycles. The summed E-state index contributed by atoms with van der Waals surface area (Å²) in [5.41, 5.74) is 1.12. The van der Waals surface area contributed by atoms with Crippen molar-refractivity contribution in [2.24, 2.45) is 0 Å². The molecule has 1 rings (SSSR count). The molecular weight excluding hydrogens is 276 g/mol. The summed E-state index contributed by atoms with van der Waals surface area (Å²) in [6.07, 6.45) is -0.573. The van der Waals surface area contributed by atoms with Gasteiger partial charge in [0, 0.05) is 19.1 Å². The summed E-state index contributed by atoms with van der Waals surface area (Å²) < 4.78 is 5.53. The summed E-state index contributed by atoms with van der Waals surface area (Å²) in [6.45, 7) is 8.74. The fraction of sp³-hybridized carbons (Fsp3) is 0.533. The number of amides is 1. The Balaban J connectivity index is 2.71. The van der Waals surface area contributed by atoms with Crippen molar-refractivity contribution in [3.05, 3.63) is 28.8 Å².